The van der Waals surface area contributed by atoms with Gasteiger partial charge in [-0.05, 0) is 183 Å². The smallest absolute Gasteiger partial charge is 0.0993 e. The third kappa shape index (κ3) is 8.60. The predicted molar refractivity (Wildman–Crippen MR) is 400 cm³/mol. The van der Waals surface area contributed by atoms with E-state index in [0.717, 1.165) is 182 Å². The van der Waals surface area contributed by atoms with E-state index in [4.69, 9.17) is 9.97 Å². The minimum atomic E-state index is 0.545. The van der Waals surface area contributed by atoms with Crippen molar-refractivity contribution in [2.75, 3.05) is 0 Å². The van der Waals surface area contributed by atoms with E-state index in [0.29, 0.717) is 17.5 Å². The molecule has 7 heterocycles. The molecule has 0 unspecified atom stereocenters. The number of fused-ring (bicyclic) bond motifs is 19. The molecule has 8 heteroatoms. The minimum Gasteiger partial charge on any atom is -0.308 e. The number of para-hydroxylation sites is 3. The molecule has 7 aromatic heterocycles. The average molecular weight is 1240 g/mol. The van der Waals surface area contributed by atoms with Crippen LogP contribution in [0.5, 0.6) is 0 Å². The van der Waals surface area contributed by atoms with E-state index in [1.165, 1.54) is 16.7 Å². The van der Waals surface area contributed by atoms with Crippen LogP contribution in [0.15, 0.2) is 267 Å². The van der Waals surface area contributed by atoms with Gasteiger partial charge in [0, 0.05) is 76.2 Å². The molecule has 19 rings (SSSR count). The lowest BCUT2D eigenvalue weighted by Gasteiger charge is -2.22. The Morgan fingerprint density at radius 2 is 0.845 bits per heavy atom. The highest BCUT2D eigenvalue weighted by Crippen LogP contribution is 2.47. The zero-order chi connectivity index (χ0) is 64.9. The molecule has 0 amide bonds. The first-order valence-electron chi connectivity index (χ1n) is 33.0. The van der Waals surface area contributed by atoms with Crippen LogP contribution in [0.3, 0.4) is 0 Å². The fourth-order valence-corrected chi connectivity index (χ4v) is 15.9. The van der Waals surface area contributed by atoms with Crippen LogP contribution >= 0.6 is 0 Å². The SMILES string of the molecule is Cc1ccc2c(c1)c1ccccc1n2-c1cc(C#N)cc(-n2c3ccccc3c3cc(Cc4cc5c6ccccc6n(-c6cc(C#N)cc7c6c6cc(C)nc(c6)c6ccc8c9ccc(C)cc9n7c8c6)c5cc4C)ccc32)c1-c1cc(-c2ccccc2)nc(-c2ccccc2)c1. The molecule has 97 heavy (non-hydrogen) atoms. The molecule has 0 N–H and O–H groups in total. The topological polar surface area (TPSA) is 92.6 Å². The summed E-state index contributed by atoms with van der Waals surface area (Å²) < 4.78 is 9.55. The summed E-state index contributed by atoms with van der Waals surface area (Å²) in [6, 6.07) is 101. The second-order valence-corrected chi connectivity index (χ2v) is 26.2. The Balaban J connectivity index is 0.824. The molecule has 0 aliphatic rings. The molecule has 0 spiro atoms. The summed E-state index contributed by atoms with van der Waals surface area (Å²) in [5.41, 5.74) is 26.6. The number of rotatable bonds is 8. The number of nitrogens with zero attached hydrogens (tertiary/aromatic N) is 8. The van der Waals surface area contributed by atoms with Crippen molar-refractivity contribution in [3.8, 4) is 62.8 Å². The van der Waals surface area contributed by atoms with Crippen molar-refractivity contribution in [2.45, 2.75) is 34.1 Å². The molecule has 0 aliphatic carbocycles. The Kier molecular flexibility index (Phi) is 12.3. The van der Waals surface area contributed by atoms with E-state index in [-0.39, 0.29) is 0 Å². The fraction of sp³-hybridized carbons (Fsp3) is 0.0562. The Morgan fingerprint density at radius 3 is 1.48 bits per heavy atom. The maximum Gasteiger partial charge on any atom is 0.0993 e. The molecule has 0 atom stereocenters. The molecule has 19 aromatic rings. The Labute approximate surface area is 558 Å². The average Bonchev–Trinajstić information content (AvgIpc) is 1.50. The van der Waals surface area contributed by atoms with Crippen LogP contribution in [0, 0.1) is 50.4 Å². The third-order valence-corrected chi connectivity index (χ3v) is 20.2. The van der Waals surface area contributed by atoms with Gasteiger partial charge in [0.25, 0.3) is 0 Å². The lowest BCUT2D eigenvalue weighted by molar-refractivity contribution is 1.13. The van der Waals surface area contributed by atoms with E-state index >= 15 is 0 Å². The maximum absolute atomic E-state index is 11.3. The van der Waals surface area contributed by atoms with Gasteiger partial charge >= 0.3 is 0 Å². The number of benzene rings is 12. The molecule has 0 saturated heterocycles. The summed E-state index contributed by atoms with van der Waals surface area (Å²) in [5.74, 6) is 0. The molecule has 0 aliphatic heterocycles. The fourth-order valence-electron chi connectivity index (χ4n) is 15.9. The van der Waals surface area contributed by atoms with Crippen LogP contribution in [0.1, 0.15) is 44.6 Å². The van der Waals surface area contributed by atoms with Gasteiger partial charge in [0.05, 0.1) is 107 Å². The summed E-state index contributed by atoms with van der Waals surface area (Å²) >= 11 is 0. The summed E-state index contributed by atoms with van der Waals surface area (Å²) in [7, 11) is 0. The van der Waals surface area contributed by atoms with Gasteiger partial charge in [0.15, 0.2) is 0 Å². The lowest BCUT2D eigenvalue weighted by Crippen LogP contribution is -2.06. The second kappa shape index (κ2) is 21.3. The van der Waals surface area contributed by atoms with Gasteiger partial charge in [-0.15, -0.1) is 0 Å². The highest BCUT2D eigenvalue weighted by Gasteiger charge is 2.27. The van der Waals surface area contributed by atoms with Gasteiger partial charge < -0.3 is 18.1 Å². The van der Waals surface area contributed by atoms with Gasteiger partial charge in [0.1, 0.15) is 0 Å². The Bertz CT molecular complexity index is 6660. The summed E-state index contributed by atoms with van der Waals surface area (Å²) in [5, 5.41) is 34.6. The number of aromatic nitrogens is 6. The van der Waals surface area contributed by atoms with Gasteiger partial charge in [-0.1, -0.05) is 157 Å². The van der Waals surface area contributed by atoms with Crippen molar-refractivity contribution >= 4 is 114 Å². The van der Waals surface area contributed by atoms with Crippen molar-refractivity contribution in [2.24, 2.45) is 0 Å². The normalized spacial score (nSPS) is 11.9. The monoisotopic (exact) mass is 1240 g/mol. The van der Waals surface area contributed by atoms with Crippen LogP contribution in [-0.4, -0.2) is 28.1 Å². The molecule has 454 valence electrons. The highest BCUT2D eigenvalue weighted by atomic mass is 15.0. The standard InChI is InChI=1S/C89H58N8/c1-52-28-33-79-70(35-52)65-21-11-14-24-76(65)94(79)84-41-57(50-90)42-85(89(84)64-47-73(59-17-7-5-8-18-59)93-74(48-64)60-19-9-6-10-20-60)95-77-25-15-12-22-66(77)71-40-56(29-34-80(71)95)39-62-45-72-67-23-13-16-26-78(67)96(82(72)37-54(62)3)86-43-58(51-91)44-87-88(86)63-38-55(4)92-75(46-63)61-30-32-69-68-31-27-53(2)36-81(68)97(87)83(69)49-61/h5-38,40-49H,39H2,1-4H3. The van der Waals surface area contributed by atoms with E-state index in [1.54, 1.807) is 0 Å². The molecule has 0 radical (unpaired) electrons. The first kappa shape index (κ1) is 55.7. The zero-order valence-corrected chi connectivity index (χ0v) is 53.7. The molecule has 8 nitrogen and oxygen atoms in total. The summed E-state index contributed by atoms with van der Waals surface area (Å²) in [6.45, 7) is 8.61. The number of pyridine rings is 2. The van der Waals surface area contributed by atoms with E-state index in [9.17, 15) is 10.5 Å². The molecular formula is C89H58N8. The largest absolute Gasteiger partial charge is 0.308 e. The Morgan fingerprint density at radius 1 is 0.340 bits per heavy atom. The minimum absolute atomic E-state index is 0.545. The second-order valence-electron chi connectivity index (χ2n) is 26.2. The van der Waals surface area contributed by atoms with Gasteiger partial charge in [-0.3, -0.25) is 4.98 Å². The number of hydrogen-bond donors (Lipinski definition) is 0. The van der Waals surface area contributed by atoms with Crippen LogP contribution in [-0.2, 0) is 6.42 Å². The zero-order valence-electron chi connectivity index (χ0n) is 53.7. The maximum atomic E-state index is 11.3. The van der Waals surface area contributed by atoms with Crippen molar-refractivity contribution in [1.82, 2.24) is 28.1 Å². The molecule has 4 bridgehead atoms. The molecule has 12 aromatic carbocycles. The lowest BCUT2D eigenvalue weighted by atomic mass is 9.95. The van der Waals surface area contributed by atoms with E-state index in [2.05, 4.69) is 313 Å². The van der Waals surface area contributed by atoms with E-state index in [1.807, 2.05) is 12.1 Å². The molecule has 0 fully saturated rings. The van der Waals surface area contributed by atoms with Gasteiger partial charge in [-0.25, -0.2) is 4.98 Å². The van der Waals surface area contributed by atoms with Crippen LogP contribution in [0.2, 0.25) is 0 Å². The first-order valence-corrected chi connectivity index (χ1v) is 33.0. The van der Waals surface area contributed by atoms with Crippen molar-refractivity contribution < 1.29 is 0 Å². The highest BCUT2D eigenvalue weighted by molar-refractivity contribution is 6.18. The summed E-state index contributed by atoms with van der Waals surface area (Å²) in [6.07, 6.45) is 0.678. The third-order valence-electron chi connectivity index (χ3n) is 20.2. The number of aryl methyl sites for hydroxylation is 4. The predicted octanol–water partition coefficient (Wildman–Crippen LogP) is 22.2. The Hall–Kier alpha value is -12.9. The van der Waals surface area contributed by atoms with E-state index < -0.39 is 0 Å². The van der Waals surface area contributed by atoms with Gasteiger partial charge in [0.2, 0.25) is 0 Å². The molecule has 0 saturated carbocycles. The summed E-state index contributed by atoms with van der Waals surface area (Å²) in [4.78, 5) is 10.5. The van der Waals surface area contributed by atoms with Gasteiger partial charge in [-0.2, -0.15) is 10.5 Å². The quantitative estimate of drug-likeness (QED) is 0.151. The number of hydrogen-bond acceptors (Lipinski definition) is 4. The van der Waals surface area contributed by atoms with Crippen molar-refractivity contribution in [1.29, 1.82) is 10.5 Å². The van der Waals surface area contributed by atoms with Crippen LogP contribution in [0.25, 0.3) is 165 Å². The van der Waals surface area contributed by atoms with Crippen LogP contribution in [0.4, 0.5) is 0 Å². The van der Waals surface area contributed by atoms with Crippen molar-refractivity contribution in [3.05, 3.63) is 312 Å². The van der Waals surface area contributed by atoms with Crippen molar-refractivity contribution in [3.63, 3.8) is 0 Å². The number of nitriles is 2. The first-order chi connectivity index (χ1) is 47.6. The molecular weight excluding hydrogens is 1180 g/mol. The van der Waals surface area contributed by atoms with Crippen LogP contribution < -0.4 is 0 Å².